The molecule has 1 amide bonds. The zero-order valence-corrected chi connectivity index (χ0v) is 13.7. The second kappa shape index (κ2) is 6.66. The Kier molecular flexibility index (Phi) is 5.03. The Hall–Kier alpha value is -1.96. The van der Waals surface area contributed by atoms with Crippen LogP contribution in [0.2, 0.25) is 0 Å². The molecular weight excluding hydrogens is 325 g/mol. The van der Waals surface area contributed by atoms with Gasteiger partial charge in [0.25, 0.3) is 5.91 Å². The average Bonchev–Trinajstić information content (AvgIpc) is 2.79. The Balaban J connectivity index is 2.03. The number of Topliss-reactive ketones (excluding diaryl/α,β-unsaturated/α-hetero) is 1. The third-order valence-corrected chi connectivity index (χ3v) is 5.34. The van der Waals surface area contributed by atoms with E-state index in [2.05, 4.69) is 5.32 Å². The van der Waals surface area contributed by atoms with Crippen molar-refractivity contribution in [3.05, 3.63) is 29.6 Å². The first kappa shape index (κ1) is 17.4. The summed E-state index contributed by atoms with van der Waals surface area (Å²) in [5.74, 6) is -1.35. The van der Waals surface area contributed by atoms with Gasteiger partial charge in [0.1, 0.15) is 11.6 Å². The Labute approximate surface area is 133 Å². The van der Waals surface area contributed by atoms with Crippen LogP contribution in [0, 0.1) is 5.82 Å². The van der Waals surface area contributed by atoms with Crippen LogP contribution in [0.15, 0.2) is 18.2 Å². The van der Waals surface area contributed by atoms with Gasteiger partial charge in [-0.1, -0.05) is 0 Å². The van der Waals surface area contributed by atoms with Crippen LogP contribution in [-0.4, -0.2) is 43.8 Å². The first-order valence-corrected chi connectivity index (χ1v) is 8.98. The molecule has 1 saturated heterocycles. The minimum absolute atomic E-state index is 0.0492. The molecule has 0 saturated carbocycles. The van der Waals surface area contributed by atoms with E-state index in [1.807, 2.05) is 0 Å². The van der Waals surface area contributed by atoms with Crippen LogP contribution in [0.5, 0.6) is 5.75 Å². The second-order valence-electron chi connectivity index (χ2n) is 5.57. The lowest BCUT2D eigenvalue weighted by Gasteiger charge is -2.18. The van der Waals surface area contributed by atoms with E-state index < -0.39 is 33.7 Å². The van der Waals surface area contributed by atoms with Gasteiger partial charge in [0.15, 0.2) is 21.7 Å². The Morgan fingerprint density at radius 1 is 1.39 bits per heavy atom. The predicted octanol–water partition coefficient (Wildman–Crippen LogP) is 1.10. The summed E-state index contributed by atoms with van der Waals surface area (Å²) in [6.07, 6.45) is -0.572. The van der Waals surface area contributed by atoms with Crippen LogP contribution in [0.1, 0.15) is 30.6 Å². The van der Waals surface area contributed by atoms with E-state index in [1.54, 1.807) is 0 Å². The van der Waals surface area contributed by atoms with Crippen molar-refractivity contribution in [1.29, 1.82) is 0 Å². The molecule has 0 aliphatic carbocycles. The van der Waals surface area contributed by atoms with Crippen LogP contribution in [-0.2, 0) is 14.6 Å². The molecule has 23 heavy (non-hydrogen) atoms. The summed E-state index contributed by atoms with van der Waals surface area (Å²) in [7, 11) is -3.09. The number of hydrogen-bond acceptors (Lipinski definition) is 5. The van der Waals surface area contributed by atoms with Crippen molar-refractivity contribution in [3.8, 4) is 5.75 Å². The number of hydrogen-bond donors (Lipinski definition) is 1. The van der Waals surface area contributed by atoms with Gasteiger partial charge in [-0.3, -0.25) is 9.59 Å². The summed E-state index contributed by atoms with van der Waals surface area (Å²) in [5, 5.41) is 2.61. The molecule has 0 bridgehead atoms. The molecule has 2 atom stereocenters. The SMILES string of the molecule is CC(=O)c1cc(F)ccc1O[C@H](C)C(=O)N[C@@H]1CCS(=O)(=O)C1. The van der Waals surface area contributed by atoms with Gasteiger partial charge in [0.05, 0.1) is 17.1 Å². The number of benzene rings is 1. The minimum atomic E-state index is -3.09. The van der Waals surface area contributed by atoms with Crippen LogP contribution in [0.25, 0.3) is 0 Å². The Morgan fingerprint density at radius 2 is 2.09 bits per heavy atom. The third-order valence-electron chi connectivity index (χ3n) is 3.57. The van der Waals surface area contributed by atoms with Crippen LogP contribution in [0.4, 0.5) is 4.39 Å². The van der Waals surface area contributed by atoms with E-state index in [9.17, 15) is 22.4 Å². The fourth-order valence-electron chi connectivity index (χ4n) is 2.35. The minimum Gasteiger partial charge on any atom is -0.480 e. The van der Waals surface area contributed by atoms with Crippen LogP contribution >= 0.6 is 0 Å². The highest BCUT2D eigenvalue weighted by molar-refractivity contribution is 7.91. The van der Waals surface area contributed by atoms with E-state index in [-0.39, 0.29) is 28.6 Å². The summed E-state index contributed by atoms with van der Waals surface area (Å²) in [5.41, 5.74) is 0.0492. The maximum Gasteiger partial charge on any atom is 0.261 e. The largest absolute Gasteiger partial charge is 0.480 e. The van der Waals surface area contributed by atoms with Crippen molar-refractivity contribution in [2.75, 3.05) is 11.5 Å². The molecule has 1 aromatic carbocycles. The van der Waals surface area contributed by atoms with E-state index >= 15 is 0 Å². The molecule has 1 heterocycles. The first-order chi connectivity index (χ1) is 10.7. The van der Waals surface area contributed by atoms with Crippen molar-refractivity contribution in [2.24, 2.45) is 0 Å². The molecule has 126 valence electrons. The molecule has 8 heteroatoms. The number of carbonyl (C=O) groups is 2. The normalized spacial score (nSPS) is 20.7. The van der Waals surface area contributed by atoms with Crippen molar-refractivity contribution in [2.45, 2.75) is 32.4 Å². The molecular formula is C15H18FNO5S. The smallest absolute Gasteiger partial charge is 0.261 e. The molecule has 0 radical (unpaired) electrons. The van der Waals surface area contributed by atoms with E-state index in [0.29, 0.717) is 6.42 Å². The fraction of sp³-hybridized carbons (Fsp3) is 0.467. The number of ketones is 1. The molecule has 1 N–H and O–H groups in total. The summed E-state index contributed by atoms with van der Waals surface area (Å²) in [4.78, 5) is 23.6. The van der Waals surface area contributed by atoms with Crippen LogP contribution in [0.3, 0.4) is 0 Å². The third kappa shape index (κ3) is 4.51. The van der Waals surface area contributed by atoms with Crippen molar-refractivity contribution >= 4 is 21.5 Å². The highest BCUT2D eigenvalue weighted by Gasteiger charge is 2.30. The highest BCUT2D eigenvalue weighted by atomic mass is 32.2. The average molecular weight is 343 g/mol. The number of carbonyl (C=O) groups excluding carboxylic acids is 2. The summed E-state index contributed by atoms with van der Waals surface area (Å²) in [6.45, 7) is 2.75. The van der Waals surface area contributed by atoms with Gasteiger partial charge in [-0.15, -0.1) is 0 Å². The maximum atomic E-state index is 13.2. The van der Waals surface area contributed by atoms with Crippen molar-refractivity contribution in [1.82, 2.24) is 5.32 Å². The quantitative estimate of drug-likeness (QED) is 0.809. The number of nitrogens with one attached hydrogen (secondary N) is 1. The van der Waals surface area contributed by atoms with Gasteiger partial charge in [0, 0.05) is 6.04 Å². The summed E-state index contributed by atoms with van der Waals surface area (Å²) < 4.78 is 41.4. The zero-order valence-electron chi connectivity index (χ0n) is 12.8. The molecule has 6 nitrogen and oxygen atoms in total. The van der Waals surface area contributed by atoms with E-state index in [0.717, 1.165) is 12.1 Å². The lowest BCUT2D eigenvalue weighted by atomic mass is 10.1. The van der Waals surface area contributed by atoms with Crippen molar-refractivity contribution < 1.29 is 27.1 Å². The first-order valence-electron chi connectivity index (χ1n) is 7.16. The Bertz CT molecular complexity index is 731. The highest BCUT2D eigenvalue weighted by Crippen LogP contribution is 2.22. The molecule has 1 aliphatic rings. The van der Waals surface area contributed by atoms with Crippen LogP contribution < -0.4 is 10.1 Å². The maximum absolute atomic E-state index is 13.2. The molecule has 0 spiro atoms. The second-order valence-corrected chi connectivity index (χ2v) is 7.79. The van der Waals surface area contributed by atoms with Gasteiger partial charge in [-0.05, 0) is 38.5 Å². The Morgan fingerprint density at radius 3 is 2.65 bits per heavy atom. The summed E-state index contributed by atoms with van der Waals surface area (Å²) in [6, 6.07) is 3.04. The number of ether oxygens (including phenoxy) is 1. The number of rotatable bonds is 5. The van der Waals surface area contributed by atoms with Gasteiger partial charge >= 0.3 is 0 Å². The van der Waals surface area contributed by atoms with Crippen molar-refractivity contribution in [3.63, 3.8) is 0 Å². The predicted molar refractivity (Wildman–Crippen MR) is 81.7 cm³/mol. The number of amides is 1. The molecule has 1 aliphatic heterocycles. The number of sulfone groups is 1. The van der Waals surface area contributed by atoms with Gasteiger partial charge in [0.2, 0.25) is 0 Å². The van der Waals surface area contributed by atoms with Gasteiger partial charge < -0.3 is 10.1 Å². The van der Waals surface area contributed by atoms with E-state index in [1.165, 1.54) is 19.9 Å². The van der Waals surface area contributed by atoms with Gasteiger partial charge in [-0.2, -0.15) is 0 Å². The summed E-state index contributed by atoms with van der Waals surface area (Å²) >= 11 is 0. The zero-order chi connectivity index (χ0) is 17.2. The molecule has 1 fully saturated rings. The standard InChI is InChI=1S/C15H18FNO5S/c1-9(18)13-7-11(16)3-4-14(13)22-10(2)15(19)17-12-5-6-23(20,21)8-12/h3-4,7,10,12H,5-6,8H2,1-2H3,(H,17,19)/t10-,12-/m1/s1. The van der Waals surface area contributed by atoms with E-state index in [4.69, 9.17) is 4.74 Å². The fourth-order valence-corrected chi connectivity index (χ4v) is 4.02. The molecule has 2 rings (SSSR count). The topological polar surface area (TPSA) is 89.5 Å². The lowest BCUT2D eigenvalue weighted by Crippen LogP contribution is -2.43. The molecule has 0 unspecified atom stereocenters. The number of halogens is 1. The molecule has 1 aromatic rings. The lowest BCUT2D eigenvalue weighted by molar-refractivity contribution is -0.127. The van der Waals surface area contributed by atoms with Gasteiger partial charge in [-0.25, -0.2) is 12.8 Å². The monoisotopic (exact) mass is 343 g/mol. The molecule has 0 aromatic heterocycles.